The third-order valence-electron chi connectivity index (χ3n) is 2.50. The molecule has 1 aromatic carbocycles. The van der Waals surface area contributed by atoms with Crippen LogP contribution in [0.4, 0.5) is 0 Å². The SMILES string of the molecule is CC(C)NCCCNS(=O)(=O)c1ccccc1C#N. The average molecular weight is 281 g/mol. The molecule has 1 aromatic rings. The second kappa shape index (κ2) is 7.24. The number of hydrogen-bond acceptors (Lipinski definition) is 4. The van der Waals surface area contributed by atoms with E-state index in [1.165, 1.54) is 12.1 Å². The Labute approximate surface area is 114 Å². The Balaban J connectivity index is 2.60. The van der Waals surface area contributed by atoms with Crippen molar-refractivity contribution in [3.8, 4) is 6.07 Å². The van der Waals surface area contributed by atoms with E-state index < -0.39 is 10.0 Å². The van der Waals surface area contributed by atoms with Crippen LogP contribution in [-0.4, -0.2) is 27.5 Å². The lowest BCUT2D eigenvalue weighted by molar-refractivity contribution is 0.554. The van der Waals surface area contributed by atoms with E-state index in [9.17, 15) is 8.42 Å². The predicted octanol–water partition coefficient (Wildman–Crippen LogP) is 1.22. The van der Waals surface area contributed by atoms with E-state index in [0.717, 1.165) is 6.54 Å². The van der Waals surface area contributed by atoms with Crippen LogP contribution in [-0.2, 0) is 10.0 Å². The van der Waals surface area contributed by atoms with Gasteiger partial charge in [-0.05, 0) is 25.1 Å². The fourth-order valence-corrected chi connectivity index (χ4v) is 2.79. The zero-order valence-corrected chi connectivity index (χ0v) is 12.0. The van der Waals surface area contributed by atoms with Gasteiger partial charge in [0.1, 0.15) is 6.07 Å². The smallest absolute Gasteiger partial charge is 0.241 e. The van der Waals surface area contributed by atoms with Crippen LogP contribution in [0.1, 0.15) is 25.8 Å². The van der Waals surface area contributed by atoms with Crippen molar-refractivity contribution in [2.24, 2.45) is 0 Å². The quantitative estimate of drug-likeness (QED) is 0.736. The Morgan fingerprint density at radius 2 is 1.95 bits per heavy atom. The molecule has 1 rings (SSSR count). The highest BCUT2D eigenvalue weighted by Crippen LogP contribution is 2.13. The van der Waals surface area contributed by atoms with Gasteiger partial charge in [0.05, 0.1) is 10.5 Å². The fraction of sp³-hybridized carbons (Fsp3) is 0.462. The van der Waals surface area contributed by atoms with E-state index in [1.54, 1.807) is 12.1 Å². The molecule has 0 atom stereocenters. The molecule has 0 spiro atoms. The van der Waals surface area contributed by atoms with Crippen molar-refractivity contribution in [1.82, 2.24) is 10.0 Å². The molecule has 2 N–H and O–H groups in total. The lowest BCUT2D eigenvalue weighted by Gasteiger charge is -2.10. The van der Waals surface area contributed by atoms with Crippen molar-refractivity contribution in [1.29, 1.82) is 5.26 Å². The van der Waals surface area contributed by atoms with Gasteiger partial charge in [0.2, 0.25) is 10.0 Å². The molecule has 0 fully saturated rings. The number of nitrogens with zero attached hydrogens (tertiary/aromatic N) is 1. The molecule has 0 saturated heterocycles. The second-order valence-electron chi connectivity index (χ2n) is 4.47. The van der Waals surface area contributed by atoms with Crippen molar-refractivity contribution in [3.05, 3.63) is 29.8 Å². The first-order valence-corrected chi connectivity index (χ1v) is 7.68. The summed E-state index contributed by atoms with van der Waals surface area (Å²) in [6.07, 6.45) is 0.701. The van der Waals surface area contributed by atoms with E-state index in [0.29, 0.717) is 19.0 Å². The lowest BCUT2D eigenvalue weighted by atomic mass is 10.2. The van der Waals surface area contributed by atoms with Crippen LogP contribution in [0.2, 0.25) is 0 Å². The molecular weight excluding hydrogens is 262 g/mol. The minimum atomic E-state index is -3.60. The number of hydrogen-bond donors (Lipinski definition) is 2. The highest BCUT2D eigenvalue weighted by atomic mass is 32.2. The van der Waals surface area contributed by atoms with E-state index in [4.69, 9.17) is 5.26 Å². The molecule has 0 amide bonds. The van der Waals surface area contributed by atoms with Gasteiger partial charge in [0.25, 0.3) is 0 Å². The van der Waals surface area contributed by atoms with Gasteiger partial charge in [-0.1, -0.05) is 26.0 Å². The van der Waals surface area contributed by atoms with E-state index in [2.05, 4.69) is 10.0 Å². The predicted molar refractivity (Wildman–Crippen MR) is 74.1 cm³/mol. The third kappa shape index (κ3) is 4.99. The van der Waals surface area contributed by atoms with Crippen LogP contribution in [0.5, 0.6) is 0 Å². The Hall–Kier alpha value is -1.42. The second-order valence-corrected chi connectivity index (χ2v) is 6.20. The van der Waals surface area contributed by atoms with Gasteiger partial charge in [0, 0.05) is 12.6 Å². The van der Waals surface area contributed by atoms with E-state index >= 15 is 0 Å². The molecule has 104 valence electrons. The Bertz CT molecular complexity index is 547. The van der Waals surface area contributed by atoms with Crippen LogP contribution in [0.15, 0.2) is 29.2 Å². The summed E-state index contributed by atoms with van der Waals surface area (Å²) < 4.78 is 26.6. The molecule has 0 aliphatic heterocycles. The van der Waals surface area contributed by atoms with Gasteiger partial charge in [-0.3, -0.25) is 0 Å². The van der Waals surface area contributed by atoms with Gasteiger partial charge in [-0.25, -0.2) is 13.1 Å². The van der Waals surface area contributed by atoms with Crippen LogP contribution in [0.25, 0.3) is 0 Å². The van der Waals surface area contributed by atoms with Crippen molar-refractivity contribution in [2.45, 2.75) is 31.2 Å². The molecular formula is C13H19N3O2S. The molecule has 0 aliphatic rings. The molecule has 0 heterocycles. The van der Waals surface area contributed by atoms with Crippen LogP contribution in [0, 0.1) is 11.3 Å². The summed E-state index contributed by atoms with van der Waals surface area (Å²) in [4.78, 5) is 0.0364. The Kier molecular flexibility index (Phi) is 5.96. The summed E-state index contributed by atoms with van der Waals surface area (Å²) in [6.45, 7) is 5.17. The van der Waals surface area contributed by atoms with Crippen molar-refractivity contribution in [3.63, 3.8) is 0 Å². The maximum atomic E-state index is 12.0. The number of nitrogens with one attached hydrogen (secondary N) is 2. The molecule has 0 bridgehead atoms. The molecule has 6 heteroatoms. The first-order valence-electron chi connectivity index (χ1n) is 6.19. The van der Waals surface area contributed by atoms with Gasteiger partial charge in [0.15, 0.2) is 0 Å². The molecule has 5 nitrogen and oxygen atoms in total. The van der Waals surface area contributed by atoms with E-state index in [1.807, 2.05) is 19.9 Å². The minimum Gasteiger partial charge on any atom is -0.314 e. The van der Waals surface area contributed by atoms with Gasteiger partial charge in [-0.2, -0.15) is 5.26 Å². The van der Waals surface area contributed by atoms with Crippen LogP contribution in [0.3, 0.4) is 0 Å². The molecule has 0 unspecified atom stereocenters. The minimum absolute atomic E-state index is 0.0364. The van der Waals surface area contributed by atoms with Crippen LogP contribution >= 0.6 is 0 Å². The summed E-state index contributed by atoms with van der Waals surface area (Å²) in [5.41, 5.74) is 0.162. The first-order chi connectivity index (χ1) is 8.97. The Morgan fingerprint density at radius 1 is 1.26 bits per heavy atom. The summed E-state index contributed by atoms with van der Waals surface area (Å²) in [7, 11) is -3.60. The summed E-state index contributed by atoms with van der Waals surface area (Å²) in [5.74, 6) is 0. The summed E-state index contributed by atoms with van der Waals surface area (Å²) >= 11 is 0. The van der Waals surface area contributed by atoms with Crippen molar-refractivity contribution in [2.75, 3.05) is 13.1 Å². The molecule has 19 heavy (non-hydrogen) atoms. The third-order valence-corrected chi connectivity index (χ3v) is 4.01. The highest BCUT2D eigenvalue weighted by Gasteiger charge is 2.17. The normalized spacial score (nSPS) is 11.5. The lowest BCUT2D eigenvalue weighted by Crippen LogP contribution is -2.30. The monoisotopic (exact) mass is 281 g/mol. The average Bonchev–Trinajstić information content (AvgIpc) is 2.37. The summed E-state index contributed by atoms with van der Waals surface area (Å²) in [6, 6.07) is 8.45. The number of nitriles is 1. The first kappa shape index (κ1) is 15.6. The zero-order chi connectivity index (χ0) is 14.3. The highest BCUT2D eigenvalue weighted by molar-refractivity contribution is 7.89. The summed E-state index contributed by atoms with van der Waals surface area (Å²) in [5, 5.41) is 12.1. The molecule has 0 aliphatic carbocycles. The number of rotatable bonds is 7. The zero-order valence-electron chi connectivity index (χ0n) is 11.2. The van der Waals surface area contributed by atoms with Crippen molar-refractivity contribution < 1.29 is 8.42 Å². The van der Waals surface area contributed by atoms with Gasteiger partial charge in [-0.15, -0.1) is 0 Å². The number of benzene rings is 1. The molecule has 0 aromatic heterocycles. The van der Waals surface area contributed by atoms with Crippen molar-refractivity contribution >= 4 is 10.0 Å². The standard InChI is InChI=1S/C13H19N3O2S/c1-11(2)15-8-5-9-16-19(17,18)13-7-4-3-6-12(13)10-14/h3-4,6-7,11,15-16H,5,8-9H2,1-2H3. The number of sulfonamides is 1. The Morgan fingerprint density at radius 3 is 2.58 bits per heavy atom. The fourth-order valence-electron chi connectivity index (χ4n) is 1.56. The van der Waals surface area contributed by atoms with Gasteiger partial charge < -0.3 is 5.32 Å². The molecule has 0 saturated carbocycles. The van der Waals surface area contributed by atoms with E-state index in [-0.39, 0.29) is 10.5 Å². The van der Waals surface area contributed by atoms with Crippen LogP contribution < -0.4 is 10.0 Å². The largest absolute Gasteiger partial charge is 0.314 e. The maximum absolute atomic E-state index is 12.0. The maximum Gasteiger partial charge on any atom is 0.241 e. The topological polar surface area (TPSA) is 82.0 Å². The molecule has 0 radical (unpaired) electrons. The van der Waals surface area contributed by atoms with Gasteiger partial charge >= 0.3 is 0 Å².